The van der Waals surface area contributed by atoms with Crippen molar-refractivity contribution in [1.29, 1.82) is 0 Å². The highest BCUT2D eigenvalue weighted by molar-refractivity contribution is 5.71. The van der Waals surface area contributed by atoms with Crippen molar-refractivity contribution in [3.05, 3.63) is 109 Å². The van der Waals surface area contributed by atoms with Gasteiger partial charge in [0.1, 0.15) is 13.2 Å². The van der Waals surface area contributed by atoms with Crippen LogP contribution < -0.4 is 0 Å². The minimum absolute atomic E-state index is 0.182. The SMILES string of the molecule is CC/C=C\C/C=C\C/C=C\C/C=C\C/C=C\C/C=C\C/C=C\C/C=C\CCCCCCCCCCCCCCCCCCC(=O)OC(COC(=O)CCCCCCCCCCCCCCC/C=C\CCCCCCCCCC)COC(OCC[N+](C)(C)C)C(=O)O. The maximum atomic E-state index is 13.0. The second-order valence-corrected chi connectivity index (χ2v) is 26.6. The number of carboxylic acid groups (broad SMARTS) is 1. The number of hydrogen-bond donors (Lipinski definition) is 1. The lowest BCUT2D eigenvalue weighted by Gasteiger charge is -2.25. The van der Waals surface area contributed by atoms with Crippen LogP contribution in [-0.2, 0) is 33.3 Å². The highest BCUT2D eigenvalue weighted by Gasteiger charge is 2.25. The summed E-state index contributed by atoms with van der Waals surface area (Å²) < 4.78 is 23.0. The third-order valence-corrected chi connectivity index (χ3v) is 16.5. The summed E-state index contributed by atoms with van der Waals surface area (Å²) in [5, 5.41) is 9.76. The number of quaternary nitrogens is 1. The van der Waals surface area contributed by atoms with E-state index in [-0.39, 0.29) is 32.2 Å². The standard InChI is InChI=1S/C82H143NO8/c1-6-8-10-12-14-16-18-20-22-24-26-28-30-32-33-34-35-36-37-38-39-40-41-42-43-44-45-46-47-49-51-53-55-57-59-61-63-65-67-69-71-73-80(85)91-78(77-90-82(81(86)87)88-75-74-83(3,4)5)76-89-79(84)72-70-68-66-64-62-60-58-56-54-52-50-48-31-29-27-25-23-21-19-17-15-13-11-9-7-2/h8,10,14,16,20,22,25-28,32-33,35-36,38-39,41-42,78,82H,6-7,9,11-13,15,17-19,21,23-24,29-31,34,37,40,43-77H2,1-5H3/p+1/b10-8-,16-14-,22-20-,27-25-,28-26-,33-32-,36-35-,39-38-,42-41-. The molecule has 9 nitrogen and oxygen atoms in total. The molecule has 0 saturated heterocycles. The summed E-state index contributed by atoms with van der Waals surface area (Å²) in [4.78, 5) is 37.7. The normalized spacial score (nSPS) is 13.3. The molecular formula is C82H144NO8+. The fourth-order valence-corrected chi connectivity index (χ4v) is 10.7. The second kappa shape index (κ2) is 71.8. The van der Waals surface area contributed by atoms with Crippen LogP contribution in [-0.4, -0.2) is 87.4 Å². The monoisotopic (exact) mass is 1270 g/mol. The maximum absolute atomic E-state index is 13.0. The van der Waals surface area contributed by atoms with Gasteiger partial charge < -0.3 is 28.5 Å². The molecule has 0 aliphatic rings. The number of likely N-dealkylation sites (N-methyl/N-ethyl adjacent to an activating group) is 1. The molecule has 0 saturated carbocycles. The van der Waals surface area contributed by atoms with Crippen molar-refractivity contribution in [3.63, 3.8) is 0 Å². The number of esters is 2. The van der Waals surface area contributed by atoms with Crippen LogP contribution in [0.2, 0.25) is 0 Å². The first-order valence-electron chi connectivity index (χ1n) is 38.1. The average Bonchev–Trinajstić information content (AvgIpc) is 3.53. The minimum Gasteiger partial charge on any atom is -0.477 e. The van der Waals surface area contributed by atoms with Crippen LogP contribution in [0.15, 0.2) is 109 Å². The molecule has 0 aromatic rings. The molecule has 0 amide bonds. The van der Waals surface area contributed by atoms with Crippen molar-refractivity contribution in [2.75, 3.05) is 47.5 Å². The predicted molar refractivity (Wildman–Crippen MR) is 392 cm³/mol. The van der Waals surface area contributed by atoms with Crippen LogP contribution >= 0.6 is 0 Å². The fraction of sp³-hybridized carbons (Fsp3) is 0.744. The first-order valence-corrected chi connectivity index (χ1v) is 38.1. The molecule has 0 aromatic heterocycles. The van der Waals surface area contributed by atoms with Gasteiger partial charge in [-0.15, -0.1) is 0 Å². The van der Waals surface area contributed by atoms with Crippen molar-refractivity contribution in [2.24, 2.45) is 0 Å². The van der Waals surface area contributed by atoms with E-state index < -0.39 is 24.3 Å². The topological polar surface area (TPSA) is 108 Å². The Morgan fingerprint density at radius 1 is 0.341 bits per heavy atom. The number of allylic oxidation sites excluding steroid dienone is 18. The van der Waals surface area contributed by atoms with Gasteiger partial charge in [0.2, 0.25) is 0 Å². The summed E-state index contributed by atoms with van der Waals surface area (Å²) >= 11 is 0. The molecule has 0 aliphatic carbocycles. The molecule has 0 fully saturated rings. The summed E-state index contributed by atoms with van der Waals surface area (Å²) in [6, 6.07) is 0. The van der Waals surface area contributed by atoms with Gasteiger partial charge in [-0.2, -0.15) is 0 Å². The van der Waals surface area contributed by atoms with Gasteiger partial charge in [-0.3, -0.25) is 9.59 Å². The van der Waals surface area contributed by atoms with Crippen LogP contribution in [0.25, 0.3) is 0 Å². The molecule has 1 N–H and O–H groups in total. The van der Waals surface area contributed by atoms with Gasteiger partial charge in [-0.25, -0.2) is 4.79 Å². The number of nitrogens with zero attached hydrogens (tertiary/aromatic N) is 1. The van der Waals surface area contributed by atoms with Crippen molar-refractivity contribution in [2.45, 2.75) is 347 Å². The van der Waals surface area contributed by atoms with Gasteiger partial charge >= 0.3 is 17.9 Å². The Morgan fingerprint density at radius 3 is 0.945 bits per heavy atom. The summed E-state index contributed by atoms with van der Waals surface area (Å²) in [5.74, 6) is -1.99. The Kier molecular flexibility index (Phi) is 68.6. The minimum atomic E-state index is -1.51. The molecule has 0 radical (unpaired) electrons. The van der Waals surface area contributed by atoms with E-state index in [2.05, 4.69) is 123 Å². The molecule has 0 aromatic carbocycles. The van der Waals surface area contributed by atoms with Gasteiger partial charge in [-0.05, 0) is 103 Å². The Labute approximate surface area is 562 Å². The van der Waals surface area contributed by atoms with E-state index in [4.69, 9.17) is 18.9 Å². The molecule has 0 heterocycles. The zero-order valence-corrected chi connectivity index (χ0v) is 60.0. The van der Waals surface area contributed by atoms with E-state index in [0.717, 1.165) is 89.9 Å². The van der Waals surface area contributed by atoms with Crippen molar-refractivity contribution >= 4 is 17.9 Å². The molecular weight excluding hydrogens is 1130 g/mol. The average molecular weight is 1270 g/mol. The van der Waals surface area contributed by atoms with Gasteiger partial charge in [0.05, 0.1) is 34.4 Å². The van der Waals surface area contributed by atoms with Gasteiger partial charge in [0.15, 0.2) is 6.10 Å². The van der Waals surface area contributed by atoms with Crippen LogP contribution in [0.1, 0.15) is 335 Å². The molecule has 0 spiro atoms. The highest BCUT2D eigenvalue weighted by Crippen LogP contribution is 2.18. The van der Waals surface area contributed by atoms with Crippen LogP contribution in [0, 0.1) is 0 Å². The zero-order chi connectivity index (χ0) is 66.1. The lowest BCUT2D eigenvalue weighted by Crippen LogP contribution is -2.40. The van der Waals surface area contributed by atoms with Gasteiger partial charge in [0, 0.05) is 12.8 Å². The Hall–Kier alpha value is -4.05. The van der Waals surface area contributed by atoms with E-state index in [1.165, 1.54) is 218 Å². The smallest absolute Gasteiger partial charge is 0.361 e. The van der Waals surface area contributed by atoms with Crippen molar-refractivity contribution in [1.82, 2.24) is 0 Å². The number of rotatable bonds is 70. The summed E-state index contributed by atoms with van der Waals surface area (Å²) in [6.45, 7) is 4.80. The number of carbonyl (C=O) groups excluding carboxylic acids is 2. The molecule has 91 heavy (non-hydrogen) atoms. The lowest BCUT2D eigenvalue weighted by molar-refractivity contribution is -0.870. The van der Waals surface area contributed by atoms with Crippen molar-refractivity contribution in [3.8, 4) is 0 Å². The lowest BCUT2D eigenvalue weighted by atomic mass is 10.0. The summed E-state index contributed by atoms with van der Waals surface area (Å²) in [5.41, 5.74) is 0. The quantitative estimate of drug-likeness (QED) is 0.0211. The highest BCUT2D eigenvalue weighted by atomic mass is 16.7. The summed E-state index contributed by atoms with van der Waals surface area (Å²) in [7, 11) is 5.98. The number of hydrogen-bond acceptors (Lipinski definition) is 7. The maximum Gasteiger partial charge on any atom is 0.361 e. The van der Waals surface area contributed by atoms with Gasteiger partial charge in [0.25, 0.3) is 6.29 Å². The molecule has 0 aliphatic heterocycles. The Bertz CT molecular complexity index is 1870. The van der Waals surface area contributed by atoms with Crippen LogP contribution in [0.3, 0.4) is 0 Å². The van der Waals surface area contributed by atoms with Crippen LogP contribution in [0.4, 0.5) is 0 Å². The third-order valence-electron chi connectivity index (χ3n) is 16.5. The third kappa shape index (κ3) is 73.2. The van der Waals surface area contributed by atoms with E-state index in [9.17, 15) is 19.5 Å². The molecule has 9 heteroatoms. The zero-order valence-electron chi connectivity index (χ0n) is 60.0. The number of carbonyl (C=O) groups is 3. The number of ether oxygens (including phenoxy) is 4. The predicted octanol–water partition coefficient (Wildman–Crippen LogP) is 24.1. The van der Waals surface area contributed by atoms with Crippen molar-refractivity contribution < 1.29 is 42.9 Å². The van der Waals surface area contributed by atoms with Gasteiger partial charge in [-0.1, -0.05) is 329 Å². The molecule has 0 rings (SSSR count). The first-order chi connectivity index (χ1) is 44.6. The first kappa shape index (κ1) is 87.0. The fourth-order valence-electron chi connectivity index (χ4n) is 10.7. The largest absolute Gasteiger partial charge is 0.477 e. The molecule has 2 atom stereocenters. The van der Waals surface area contributed by atoms with E-state index >= 15 is 0 Å². The van der Waals surface area contributed by atoms with E-state index in [0.29, 0.717) is 17.4 Å². The van der Waals surface area contributed by atoms with E-state index in [1.807, 2.05) is 21.1 Å². The number of carboxylic acids is 1. The molecule has 2 unspecified atom stereocenters. The Morgan fingerprint density at radius 2 is 0.626 bits per heavy atom. The Balaban J connectivity index is 4.05. The number of aliphatic carboxylic acids is 1. The molecule has 0 bridgehead atoms. The van der Waals surface area contributed by atoms with E-state index in [1.54, 1.807) is 0 Å². The molecule has 524 valence electrons. The van der Waals surface area contributed by atoms with Crippen LogP contribution in [0.5, 0.6) is 0 Å². The second-order valence-electron chi connectivity index (χ2n) is 26.6. The summed E-state index contributed by atoms with van der Waals surface area (Å²) in [6.07, 6.45) is 97.9. The number of unbranched alkanes of at least 4 members (excludes halogenated alkanes) is 37.